The van der Waals surface area contributed by atoms with Crippen LogP contribution in [0.4, 0.5) is 0 Å². The van der Waals surface area contributed by atoms with Gasteiger partial charge in [-0.1, -0.05) is 446 Å². The first-order valence-corrected chi connectivity index (χ1v) is 52.0. The van der Waals surface area contributed by atoms with Gasteiger partial charge in [0, 0.05) is 0 Å². The zero-order valence-corrected chi connectivity index (χ0v) is 79.3. The normalized spacial score (nSPS) is 13.0. The zero-order chi connectivity index (χ0) is 86.2. The van der Waals surface area contributed by atoms with Crippen LogP contribution in [0.2, 0.25) is 0 Å². The van der Waals surface area contributed by atoms with Crippen LogP contribution in [0.5, 0.6) is 0 Å². The third kappa shape index (κ3) is 16.2. The molecule has 650 valence electrons. The molecule has 19 aromatic carbocycles. The van der Waals surface area contributed by atoms with E-state index in [4.69, 9.17) is 0 Å². The lowest BCUT2D eigenvalue weighted by atomic mass is 9.69. The number of fused-ring (bicyclic) bond motifs is 4. The van der Waals surface area contributed by atoms with Crippen molar-refractivity contribution in [2.75, 3.05) is 0 Å². The summed E-state index contributed by atoms with van der Waals surface area (Å²) >= 11 is 0. The highest BCUT2D eigenvalue weighted by molar-refractivity contribution is 6.64. The van der Waals surface area contributed by atoms with Gasteiger partial charge < -0.3 is 0 Å². The highest BCUT2D eigenvalue weighted by Crippen LogP contribution is 2.65. The highest BCUT2D eigenvalue weighted by Gasteiger charge is 2.37. The maximum Gasteiger partial charge on any atom is -0.0000245 e. The molecular formula is C126H146. The Labute approximate surface area is 755 Å². The van der Waals surface area contributed by atoms with Crippen LogP contribution < -0.4 is 0 Å². The predicted molar refractivity (Wildman–Crippen MR) is 562 cm³/mol. The molecule has 0 fully saturated rings. The van der Waals surface area contributed by atoms with E-state index < -0.39 is 0 Å². The van der Waals surface area contributed by atoms with Gasteiger partial charge in [0.1, 0.15) is 0 Å². The average molecular weight is 1660 g/mol. The van der Waals surface area contributed by atoms with Crippen molar-refractivity contribution in [3.8, 4) is 44.5 Å². The first-order valence-electron chi connectivity index (χ1n) is 52.0. The Bertz CT molecular complexity index is 5980. The van der Waals surface area contributed by atoms with Gasteiger partial charge in [0.2, 0.25) is 0 Å². The van der Waals surface area contributed by atoms with Crippen LogP contribution in [0.15, 0.2) is 170 Å². The quantitative estimate of drug-likeness (QED) is 0.0203. The summed E-state index contributed by atoms with van der Waals surface area (Å²) in [5.74, 6) is 0. The number of aryl methyl sites for hydroxylation is 4. The Kier molecular flexibility index (Phi) is 26.0. The van der Waals surface area contributed by atoms with Crippen LogP contribution in [-0.2, 0) is 36.5 Å². The molecule has 0 amide bonds. The molecule has 126 heavy (non-hydrogen) atoms. The number of unbranched alkanes of at least 4 members (excludes halogenated alkanes) is 36. The second-order valence-electron chi connectivity index (χ2n) is 42.3. The predicted octanol–water partition coefficient (Wildman–Crippen LogP) is 40.5. The SMILES string of the molecule is CCCCCCCCCCCCc1ccc(-c2c(-c3ccc(CCCCCCCCCCCC)cc3)c3ccc4c5cc(C(C)(C)C)cc6c7ccc8c(-c9ccc(CCCCCCCCCCCC)cc9)c(-c9ccc(CCCCCCCCCCCC)cc9)c9ccc%10c%11cc(C(C)(C)C)cc%12c%13ccc2c2c3c4c3c(c56)c4c7c8c9c%10c4c(c%12%11)c3c%132)cc1. The van der Waals surface area contributed by atoms with Gasteiger partial charge in [0.25, 0.3) is 0 Å². The maximum absolute atomic E-state index is 2.68. The van der Waals surface area contributed by atoms with E-state index >= 15 is 0 Å². The van der Waals surface area contributed by atoms with Gasteiger partial charge >= 0.3 is 0 Å². The van der Waals surface area contributed by atoms with Crippen molar-refractivity contribution >= 4 is 151 Å². The molecule has 0 aliphatic carbocycles. The number of hydrogen-bond donors (Lipinski definition) is 0. The van der Waals surface area contributed by atoms with Crippen molar-refractivity contribution in [1.29, 1.82) is 0 Å². The highest BCUT2D eigenvalue weighted by atomic mass is 14.4. The first-order chi connectivity index (χ1) is 61.8. The van der Waals surface area contributed by atoms with E-state index in [1.807, 2.05) is 0 Å². The smallest absolute Gasteiger partial charge is 0.0000245 e. The third-order valence-electron chi connectivity index (χ3n) is 31.3. The van der Waals surface area contributed by atoms with Crippen LogP contribution in [0, 0.1) is 0 Å². The summed E-state index contributed by atoms with van der Waals surface area (Å²) in [7, 11) is 0. The van der Waals surface area contributed by atoms with E-state index in [9.17, 15) is 0 Å². The van der Waals surface area contributed by atoms with Gasteiger partial charge in [-0.15, -0.1) is 0 Å². The average Bonchev–Trinajstić information content (AvgIpc) is 0.632. The molecule has 0 saturated carbocycles. The van der Waals surface area contributed by atoms with Gasteiger partial charge in [0.15, 0.2) is 0 Å². The lowest BCUT2D eigenvalue weighted by molar-refractivity contribution is 0.556. The number of hydrogen-bond acceptors (Lipinski definition) is 0. The van der Waals surface area contributed by atoms with Crippen LogP contribution in [-0.4, -0.2) is 0 Å². The summed E-state index contributed by atoms with van der Waals surface area (Å²) in [6, 6.07) is 72.3. The Balaban J connectivity index is 0.841. The molecule has 0 atom stereocenters. The Morgan fingerprint density at radius 1 is 0.151 bits per heavy atom. The monoisotopic (exact) mass is 1660 g/mol. The molecule has 0 N–H and O–H groups in total. The summed E-state index contributed by atoms with van der Waals surface area (Å²) in [6.45, 7) is 24.1. The molecule has 0 heterocycles. The molecule has 0 spiro atoms. The molecule has 0 aromatic heterocycles. The van der Waals surface area contributed by atoms with Crippen LogP contribution in [0.1, 0.15) is 359 Å². The topological polar surface area (TPSA) is 0 Å². The molecule has 0 saturated heterocycles. The molecule has 19 aromatic rings. The molecule has 0 radical (unpaired) electrons. The second-order valence-corrected chi connectivity index (χ2v) is 42.3. The minimum Gasteiger partial charge on any atom is -0.0654 e. The van der Waals surface area contributed by atoms with E-state index in [2.05, 4.69) is 239 Å². The van der Waals surface area contributed by atoms with Gasteiger partial charge in [-0.3, -0.25) is 0 Å². The summed E-state index contributed by atoms with van der Waals surface area (Å²) in [4.78, 5) is 0. The fourth-order valence-corrected chi connectivity index (χ4v) is 24.4. The van der Waals surface area contributed by atoms with Crippen LogP contribution in [0.3, 0.4) is 0 Å². The molecule has 0 heteroatoms. The molecule has 0 unspecified atom stereocenters. The number of benzene rings is 19. The molecule has 0 aliphatic heterocycles. The van der Waals surface area contributed by atoms with Gasteiger partial charge in [-0.25, -0.2) is 0 Å². The van der Waals surface area contributed by atoms with Crippen molar-refractivity contribution < 1.29 is 0 Å². The van der Waals surface area contributed by atoms with E-state index in [0.29, 0.717) is 0 Å². The second kappa shape index (κ2) is 37.9. The Morgan fingerprint density at radius 3 is 0.492 bits per heavy atom. The molecule has 0 bridgehead atoms. The van der Waals surface area contributed by atoms with E-state index in [0.717, 1.165) is 25.7 Å². The van der Waals surface area contributed by atoms with Crippen molar-refractivity contribution in [1.82, 2.24) is 0 Å². The largest absolute Gasteiger partial charge is 0.0654 e. The zero-order valence-electron chi connectivity index (χ0n) is 79.3. The van der Waals surface area contributed by atoms with Crippen LogP contribution in [0.25, 0.3) is 195 Å². The summed E-state index contributed by atoms with van der Waals surface area (Å²) < 4.78 is 0. The summed E-state index contributed by atoms with van der Waals surface area (Å²) in [5.41, 5.74) is 19.2. The van der Waals surface area contributed by atoms with Crippen molar-refractivity contribution in [2.45, 2.75) is 363 Å². The lowest BCUT2D eigenvalue weighted by Gasteiger charge is -2.33. The Hall–Kier alpha value is -9.10. The van der Waals surface area contributed by atoms with Gasteiger partial charge in [0.05, 0.1) is 0 Å². The minimum atomic E-state index is -0.124. The third-order valence-corrected chi connectivity index (χ3v) is 31.3. The van der Waals surface area contributed by atoms with Crippen molar-refractivity contribution in [3.63, 3.8) is 0 Å². The van der Waals surface area contributed by atoms with Crippen molar-refractivity contribution in [2.24, 2.45) is 0 Å². The van der Waals surface area contributed by atoms with Crippen molar-refractivity contribution in [3.05, 3.63) is 203 Å². The minimum absolute atomic E-state index is 0.124. The van der Waals surface area contributed by atoms with Gasteiger partial charge in [-0.05, 0) is 315 Å². The fraction of sp³-hybridized carbons (Fsp3) is 0.444. The standard InChI is InChI=1S/C126H146/c1-11-15-19-23-27-31-35-39-43-47-51-83-55-63-87(64-56-83)105-97-75-71-93-101-79-91(125(5,6)7)81-103-95-73-77-99-107(89-67-59-85(60-68-89)53-49-45-41-37-33-29-25-21-17-13-3)108(90-69-61-86(62-70-90)54-50-46-42-38-34-30-26-22-18-14-4)100-78-74-96-104-82-92(126(8,9)10)80-102-94-72-76-98(106(105)88-65-57-84(58-66-88)52-48-44-40-36-32-28-24-20-16-12-2)116-112(94)122-120(110(102)104)124-114(96)118(100)117(99)113(95)123(124)119(109(101)103)121(122)111(93)115(97)116/h55-82H,11-54H2,1-10H3. The van der Waals surface area contributed by atoms with E-state index in [-0.39, 0.29) is 10.8 Å². The summed E-state index contributed by atoms with van der Waals surface area (Å²) in [5, 5.41) is 40.1. The molecule has 19 rings (SSSR count). The fourth-order valence-electron chi connectivity index (χ4n) is 24.4. The maximum atomic E-state index is 2.68. The van der Waals surface area contributed by atoms with Crippen LogP contribution >= 0.6 is 0 Å². The number of rotatable bonds is 48. The Morgan fingerprint density at radius 2 is 0.310 bits per heavy atom. The van der Waals surface area contributed by atoms with Gasteiger partial charge in [-0.2, -0.15) is 0 Å². The molecule has 0 aliphatic rings. The molecule has 0 nitrogen and oxygen atoms in total. The lowest BCUT2D eigenvalue weighted by Crippen LogP contribution is -2.12. The summed E-state index contributed by atoms with van der Waals surface area (Å²) in [6.07, 6.45) is 58.8. The van der Waals surface area contributed by atoms with E-state index in [1.54, 1.807) is 0 Å². The van der Waals surface area contributed by atoms with E-state index in [1.165, 1.54) is 486 Å². The molecular weight excluding hydrogens is 1510 g/mol. The first kappa shape index (κ1) is 86.3.